The highest BCUT2D eigenvalue weighted by atomic mass is 15.4. The highest BCUT2D eigenvalue weighted by Crippen LogP contribution is 1.88. The number of unbranched alkanes of at least 4 members (excludes halogenated alkanes) is 1. The minimum atomic E-state index is 1.07. The van der Waals surface area contributed by atoms with Gasteiger partial charge in [0.1, 0.15) is 6.34 Å². The van der Waals surface area contributed by atoms with Crippen LogP contribution in [0.5, 0.6) is 0 Å². The molecule has 11 heavy (non-hydrogen) atoms. The Kier molecular flexibility index (Phi) is 6.28. The maximum absolute atomic E-state index is 3.97. The summed E-state index contributed by atoms with van der Waals surface area (Å²) < 4.78 is 0. The van der Waals surface area contributed by atoms with Crippen molar-refractivity contribution in [1.29, 1.82) is 0 Å². The zero-order valence-corrected chi connectivity index (χ0v) is 7.20. The van der Waals surface area contributed by atoms with E-state index in [1.807, 2.05) is 6.08 Å². The van der Waals surface area contributed by atoms with Gasteiger partial charge >= 0.3 is 0 Å². The Morgan fingerprint density at radius 2 is 2.27 bits per heavy atom. The van der Waals surface area contributed by atoms with Gasteiger partial charge < -0.3 is 0 Å². The Labute approximate surface area is 68.1 Å². The zero-order valence-electron chi connectivity index (χ0n) is 7.20. The van der Waals surface area contributed by atoms with Crippen molar-refractivity contribution in [3.63, 3.8) is 0 Å². The number of hydrogen-bond acceptors (Lipinski definition) is 2. The van der Waals surface area contributed by atoms with Crippen molar-refractivity contribution in [2.75, 3.05) is 7.05 Å². The van der Waals surface area contributed by atoms with Gasteiger partial charge in [-0.15, -0.1) is 0 Å². The molecule has 0 rings (SSSR count). The molecule has 0 bridgehead atoms. The van der Waals surface area contributed by atoms with Crippen LogP contribution >= 0.6 is 0 Å². The summed E-state index contributed by atoms with van der Waals surface area (Å²) in [6, 6.07) is 0. The third kappa shape index (κ3) is 6.77. The van der Waals surface area contributed by atoms with Gasteiger partial charge in [-0.1, -0.05) is 19.4 Å². The topological polar surface area (TPSA) is 28.0 Å². The summed E-state index contributed by atoms with van der Waals surface area (Å²) in [4.78, 5) is 3.97. The van der Waals surface area contributed by atoms with Crippen LogP contribution < -0.4 is 0 Å². The first-order valence-electron chi connectivity index (χ1n) is 3.69. The van der Waals surface area contributed by atoms with Crippen LogP contribution in [0.1, 0.15) is 19.8 Å². The molecule has 0 aliphatic heterocycles. The minimum absolute atomic E-state index is 1.07. The van der Waals surface area contributed by atoms with Crippen LogP contribution in [-0.2, 0) is 0 Å². The predicted molar refractivity (Wildman–Crippen MR) is 49.9 cm³/mol. The van der Waals surface area contributed by atoms with Crippen molar-refractivity contribution >= 4 is 13.1 Å². The van der Waals surface area contributed by atoms with E-state index in [2.05, 4.69) is 23.7 Å². The summed E-state index contributed by atoms with van der Waals surface area (Å²) in [6.45, 7) is 5.47. The lowest BCUT2D eigenvalue weighted by molar-refractivity contribution is 0.567. The fourth-order valence-electron chi connectivity index (χ4n) is 0.474. The smallest absolute Gasteiger partial charge is 0.111 e. The van der Waals surface area contributed by atoms with E-state index in [0.717, 1.165) is 12.8 Å². The molecule has 0 saturated carbocycles. The number of allylic oxidation sites excluding steroid dienone is 1. The van der Waals surface area contributed by atoms with Crippen molar-refractivity contribution < 1.29 is 0 Å². The number of rotatable bonds is 5. The summed E-state index contributed by atoms with van der Waals surface area (Å²) in [6.07, 6.45) is 7.63. The van der Waals surface area contributed by atoms with Crippen molar-refractivity contribution in [3.8, 4) is 0 Å². The Hall–Kier alpha value is -1.12. The van der Waals surface area contributed by atoms with Crippen LogP contribution in [0.3, 0.4) is 0 Å². The molecule has 0 radical (unpaired) electrons. The molecular formula is C8H15N3. The van der Waals surface area contributed by atoms with Crippen LogP contribution in [0.25, 0.3) is 0 Å². The molecule has 0 aliphatic rings. The molecule has 0 atom stereocenters. The lowest BCUT2D eigenvalue weighted by atomic mass is 10.3. The van der Waals surface area contributed by atoms with Gasteiger partial charge in [-0.05, 0) is 6.42 Å². The second kappa shape index (κ2) is 6.99. The molecule has 0 aliphatic carbocycles. The van der Waals surface area contributed by atoms with E-state index in [9.17, 15) is 0 Å². The average Bonchev–Trinajstić information content (AvgIpc) is 2.04. The van der Waals surface area contributed by atoms with E-state index in [1.165, 1.54) is 0 Å². The Balaban J connectivity index is 3.50. The first-order chi connectivity index (χ1) is 5.31. The van der Waals surface area contributed by atoms with Gasteiger partial charge in [-0.3, -0.25) is 5.01 Å². The average molecular weight is 153 g/mol. The normalized spacial score (nSPS) is 11.1. The van der Waals surface area contributed by atoms with Gasteiger partial charge in [-0.2, -0.15) is 5.10 Å². The van der Waals surface area contributed by atoms with E-state index in [1.54, 1.807) is 24.6 Å². The van der Waals surface area contributed by atoms with Gasteiger partial charge in [0.25, 0.3) is 0 Å². The van der Waals surface area contributed by atoms with Gasteiger partial charge in [0.2, 0.25) is 0 Å². The van der Waals surface area contributed by atoms with Crippen molar-refractivity contribution in [2.45, 2.75) is 19.8 Å². The van der Waals surface area contributed by atoms with Crippen molar-refractivity contribution in [1.82, 2.24) is 5.01 Å². The summed E-state index contributed by atoms with van der Waals surface area (Å²) in [5.41, 5.74) is 0. The van der Waals surface area contributed by atoms with Gasteiger partial charge in [0.05, 0.1) is 0 Å². The molecule has 3 nitrogen and oxygen atoms in total. The predicted octanol–water partition coefficient (Wildman–Crippen LogP) is 1.88. The lowest BCUT2D eigenvalue weighted by Crippen LogP contribution is -2.05. The minimum Gasteiger partial charge on any atom is -0.258 e. The molecule has 0 fully saturated rings. The molecule has 0 heterocycles. The van der Waals surface area contributed by atoms with Crippen molar-refractivity contribution in [2.24, 2.45) is 10.1 Å². The fourth-order valence-corrected chi connectivity index (χ4v) is 0.474. The highest BCUT2D eigenvalue weighted by molar-refractivity contribution is 5.55. The Bertz CT molecular complexity index is 149. The maximum atomic E-state index is 3.97. The Morgan fingerprint density at radius 1 is 1.55 bits per heavy atom. The molecule has 0 N–H and O–H groups in total. The van der Waals surface area contributed by atoms with E-state index in [0.29, 0.717) is 0 Å². The molecule has 0 unspecified atom stereocenters. The van der Waals surface area contributed by atoms with Crippen LogP contribution in [0.4, 0.5) is 0 Å². The van der Waals surface area contributed by atoms with Crippen LogP contribution in [0.15, 0.2) is 22.4 Å². The van der Waals surface area contributed by atoms with E-state index >= 15 is 0 Å². The van der Waals surface area contributed by atoms with Crippen molar-refractivity contribution in [3.05, 3.63) is 12.3 Å². The second-order valence-corrected chi connectivity index (χ2v) is 2.15. The molecule has 0 spiro atoms. The van der Waals surface area contributed by atoms with E-state index in [4.69, 9.17) is 0 Å². The van der Waals surface area contributed by atoms with Gasteiger partial charge in [0.15, 0.2) is 0 Å². The monoisotopic (exact) mass is 153 g/mol. The number of hydrazone groups is 1. The maximum Gasteiger partial charge on any atom is 0.111 e. The highest BCUT2D eigenvalue weighted by Gasteiger charge is 1.76. The number of hydrogen-bond donors (Lipinski definition) is 0. The molecule has 0 saturated heterocycles. The van der Waals surface area contributed by atoms with Crippen LogP contribution in [0, 0.1) is 0 Å². The first-order valence-corrected chi connectivity index (χ1v) is 3.69. The molecule has 0 aromatic heterocycles. The number of nitrogens with zero attached hydrogens (tertiary/aromatic N) is 3. The summed E-state index contributed by atoms with van der Waals surface area (Å²) in [7, 11) is 1.78. The number of aliphatic imine (C=N–C) groups is 1. The third-order valence-electron chi connectivity index (χ3n) is 1.10. The lowest BCUT2D eigenvalue weighted by Gasteiger charge is -1.99. The quantitative estimate of drug-likeness (QED) is 0.336. The first kappa shape index (κ1) is 9.88. The molecule has 62 valence electrons. The van der Waals surface area contributed by atoms with Gasteiger partial charge in [0, 0.05) is 20.0 Å². The molecule has 0 aromatic rings. The largest absolute Gasteiger partial charge is 0.258 e. The Morgan fingerprint density at radius 3 is 2.82 bits per heavy atom. The summed E-state index contributed by atoms with van der Waals surface area (Å²) >= 11 is 0. The molecule has 0 aromatic carbocycles. The van der Waals surface area contributed by atoms with Gasteiger partial charge in [-0.25, -0.2) is 4.99 Å². The SMILES string of the molecule is C=NN(C)/C=N\C=C/CCC. The second-order valence-electron chi connectivity index (χ2n) is 2.15. The third-order valence-corrected chi connectivity index (χ3v) is 1.10. The van der Waals surface area contributed by atoms with E-state index < -0.39 is 0 Å². The molecular weight excluding hydrogens is 138 g/mol. The standard InChI is InChI=1S/C8H15N3/c1-4-5-6-7-10-8-11(3)9-2/h6-8H,2,4-5H2,1,3H3/b7-6-,10-8-. The van der Waals surface area contributed by atoms with Crippen LogP contribution in [0.2, 0.25) is 0 Å². The molecule has 0 amide bonds. The fraction of sp³-hybridized carbons (Fsp3) is 0.500. The molecule has 3 heteroatoms. The van der Waals surface area contributed by atoms with Crippen LogP contribution in [-0.4, -0.2) is 25.1 Å². The summed E-state index contributed by atoms with van der Waals surface area (Å²) in [5.74, 6) is 0. The zero-order chi connectivity index (χ0) is 8.53. The van der Waals surface area contributed by atoms with E-state index in [-0.39, 0.29) is 0 Å². The summed E-state index contributed by atoms with van der Waals surface area (Å²) in [5, 5.41) is 5.16.